The van der Waals surface area contributed by atoms with E-state index >= 15 is 0 Å². The zero-order valence-electron chi connectivity index (χ0n) is 14.3. The van der Waals surface area contributed by atoms with Gasteiger partial charge in [0.1, 0.15) is 12.4 Å². The van der Waals surface area contributed by atoms with Gasteiger partial charge in [0.25, 0.3) is 0 Å². The smallest absolute Gasteiger partial charge is 0.211 e. The van der Waals surface area contributed by atoms with Gasteiger partial charge in [-0.15, -0.1) is 0 Å². The highest BCUT2D eigenvalue weighted by molar-refractivity contribution is 7.89. The fraction of sp³-hybridized carbons (Fsp3) is 0.368. The van der Waals surface area contributed by atoms with E-state index in [9.17, 15) is 8.42 Å². The van der Waals surface area contributed by atoms with Crippen molar-refractivity contribution in [1.29, 1.82) is 0 Å². The summed E-state index contributed by atoms with van der Waals surface area (Å²) in [7, 11) is -3.25. The Bertz CT molecular complexity index is 742. The summed E-state index contributed by atoms with van der Waals surface area (Å²) in [6.45, 7) is 4.58. The maximum atomic E-state index is 12.0. The molecule has 0 aliphatic rings. The third-order valence-corrected chi connectivity index (χ3v) is 5.22. The van der Waals surface area contributed by atoms with Crippen molar-refractivity contribution in [3.8, 4) is 5.75 Å². The van der Waals surface area contributed by atoms with Crippen LogP contribution < -0.4 is 9.46 Å². The highest BCUT2D eigenvalue weighted by atomic mass is 32.2. The van der Waals surface area contributed by atoms with Crippen molar-refractivity contribution < 1.29 is 13.2 Å². The van der Waals surface area contributed by atoms with Crippen LogP contribution in [-0.2, 0) is 16.4 Å². The SMILES string of the molecule is Cc1ccc(C)c(OCCNS(=O)(=O)CCCc2ccccc2)c1. The number of benzene rings is 2. The molecule has 0 radical (unpaired) electrons. The number of aryl methyl sites for hydroxylation is 3. The summed E-state index contributed by atoms with van der Waals surface area (Å²) in [6, 6.07) is 15.9. The zero-order valence-corrected chi connectivity index (χ0v) is 15.1. The van der Waals surface area contributed by atoms with Gasteiger partial charge in [0.15, 0.2) is 0 Å². The number of nitrogens with one attached hydrogen (secondary N) is 1. The van der Waals surface area contributed by atoms with E-state index in [4.69, 9.17) is 4.74 Å². The molecule has 0 heterocycles. The van der Waals surface area contributed by atoms with Gasteiger partial charge in [0.05, 0.1) is 5.75 Å². The predicted molar refractivity (Wildman–Crippen MR) is 98.0 cm³/mol. The standard InChI is InChI=1S/C19H25NO3S/c1-16-10-11-17(2)19(15-16)23-13-12-20-24(21,22)14-6-9-18-7-4-3-5-8-18/h3-5,7-8,10-11,15,20H,6,9,12-14H2,1-2H3. The van der Waals surface area contributed by atoms with E-state index in [-0.39, 0.29) is 12.3 Å². The van der Waals surface area contributed by atoms with Crippen LogP contribution in [0.4, 0.5) is 0 Å². The summed E-state index contributed by atoms with van der Waals surface area (Å²) in [4.78, 5) is 0. The number of hydrogen-bond acceptors (Lipinski definition) is 3. The van der Waals surface area contributed by atoms with Gasteiger partial charge in [0, 0.05) is 6.54 Å². The van der Waals surface area contributed by atoms with Crippen LogP contribution in [0.1, 0.15) is 23.1 Å². The van der Waals surface area contributed by atoms with Crippen LogP contribution in [-0.4, -0.2) is 27.3 Å². The molecule has 0 aliphatic heterocycles. The molecule has 2 rings (SSSR count). The zero-order chi connectivity index (χ0) is 17.4. The molecule has 24 heavy (non-hydrogen) atoms. The van der Waals surface area contributed by atoms with E-state index < -0.39 is 10.0 Å². The largest absolute Gasteiger partial charge is 0.492 e. The number of rotatable bonds is 9. The minimum Gasteiger partial charge on any atom is -0.492 e. The van der Waals surface area contributed by atoms with Gasteiger partial charge >= 0.3 is 0 Å². The summed E-state index contributed by atoms with van der Waals surface area (Å²) in [5, 5.41) is 0. The molecule has 0 bridgehead atoms. The lowest BCUT2D eigenvalue weighted by atomic mass is 10.1. The maximum absolute atomic E-state index is 12.0. The van der Waals surface area contributed by atoms with Crippen LogP contribution in [0.3, 0.4) is 0 Å². The van der Waals surface area contributed by atoms with Crippen LogP contribution in [0.5, 0.6) is 5.75 Å². The molecule has 0 unspecified atom stereocenters. The van der Waals surface area contributed by atoms with Crippen LogP contribution >= 0.6 is 0 Å². The van der Waals surface area contributed by atoms with Gasteiger partial charge in [-0.25, -0.2) is 13.1 Å². The molecule has 2 aromatic carbocycles. The Kier molecular flexibility index (Phi) is 6.82. The molecule has 0 amide bonds. The molecular weight excluding hydrogens is 322 g/mol. The molecule has 0 atom stereocenters. The van der Waals surface area contributed by atoms with Crippen molar-refractivity contribution in [2.45, 2.75) is 26.7 Å². The Morgan fingerprint density at radius 2 is 1.79 bits per heavy atom. The monoisotopic (exact) mass is 347 g/mol. The van der Waals surface area contributed by atoms with Crippen molar-refractivity contribution in [1.82, 2.24) is 4.72 Å². The second-order valence-electron chi connectivity index (χ2n) is 5.92. The summed E-state index contributed by atoms with van der Waals surface area (Å²) >= 11 is 0. The minimum atomic E-state index is -3.25. The number of sulfonamides is 1. The number of ether oxygens (including phenoxy) is 1. The average Bonchev–Trinajstić information content (AvgIpc) is 2.55. The highest BCUT2D eigenvalue weighted by Gasteiger charge is 2.09. The van der Waals surface area contributed by atoms with E-state index in [1.807, 2.05) is 62.4 Å². The summed E-state index contributed by atoms with van der Waals surface area (Å²) in [6.07, 6.45) is 1.37. The fourth-order valence-corrected chi connectivity index (χ4v) is 3.47. The van der Waals surface area contributed by atoms with Gasteiger partial charge in [-0.3, -0.25) is 0 Å². The van der Waals surface area contributed by atoms with E-state index in [0.29, 0.717) is 13.0 Å². The van der Waals surface area contributed by atoms with Crippen LogP contribution in [0.15, 0.2) is 48.5 Å². The topological polar surface area (TPSA) is 55.4 Å². The van der Waals surface area contributed by atoms with Crippen molar-refractivity contribution in [2.24, 2.45) is 0 Å². The summed E-state index contributed by atoms with van der Waals surface area (Å²) in [5.74, 6) is 0.934. The third kappa shape index (κ3) is 6.34. The lowest BCUT2D eigenvalue weighted by Gasteiger charge is -2.11. The van der Waals surface area contributed by atoms with Crippen molar-refractivity contribution in [2.75, 3.05) is 18.9 Å². The van der Waals surface area contributed by atoms with Crippen molar-refractivity contribution in [3.05, 3.63) is 65.2 Å². The van der Waals surface area contributed by atoms with Gasteiger partial charge in [0.2, 0.25) is 10.0 Å². The van der Waals surface area contributed by atoms with Crippen LogP contribution in [0, 0.1) is 13.8 Å². The molecule has 1 N–H and O–H groups in total. The summed E-state index contributed by atoms with van der Waals surface area (Å²) < 4.78 is 32.2. The molecule has 2 aromatic rings. The third-order valence-electron chi connectivity index (χ3n) is 3.75. The molecule has 0 spiro atoms. The first-order valence-electron chi connectivity index (χ1n) is 8.17. The van der Waals surface area contributed by atoms with Gasteiger partial charge < -0.3 is 4.74 Å². The molecule has 0 aliphatic carbocycles. The van der Waals surface area contributed by atoms with Gasteiger partial charge in [-0.05, 0) is 49.4 Å². The molecule has 0 saturated heterocycles. The Hall–Kier alpha value is -1.85. The highest BCUT2D eigenvalue weighted by Crippen LogP contribution is 2.18. The molecule has 130 valence electrons. The molecular formula is C19H25NO3S. The molecule has 0 fully saturated rings. The first-order valence-corrected chi connectivity index (χ1v) is 9.83. The maximum Gasteiger partial charge on any atom is 0.211 e. The molecule has 4 nitrogen and oxygen atoms in total. The Morgan fingerprint density at radius 3 is 2.54 bits per heavy atom. The number of hydrogen-bond donors (Lipinski definition) is 1. The van der Waals surface area contributed by atoms with Crippen molar-refractivity contribution >= 4 is 10.0 Å². The van der Waals surface area contributed by atoms with Gasteiger partial charge in [-0.1, -0.05) is 42.5 Å². The Morgan fingerprint density at radius 1 is 1.04 bits per heavy atom. The molecule has 5 heteroatoms. The van der Waals surface area contributed by atoms with Crippen molar-refractivity contribution in [3.63, 3.8) is 0 Å². The van der Waals surface area contributed by atoms with E-state index in [1.54, 1.807) is 0 Å². The van der Waals surface area contributed by atoms with Crippen LogP contribution in [0.25, 0.3) is 0 Å². The second-order valence-corrected chi connectivity index (χ2v) is 7.85. The molecule has 0 aromatic heterocycles. The first kappa shape index (κ1) is 18.5. The lowest BCUT2D eigenvalue weighted by molar-refractivity contribution is 0.320. The predicted octanol–water partition coefficient (Wildman–Crippen LogP) is 3.23. The first-order chi connectivity index (χ1) is 11.5. The van der Waals surface area contributed by atoms with Gasteiger partial charge in [-0.2, -0.15) is 0 Å². The fourth-order valence-electron chi connectivity index (χ4n) is 2.40. The Balaban J connectivity index is 1.69. The average molecular weight is 347 g/mol. The normalized spacial score (nSPS) is 11.4. The van der Waals surface area contributed by atoms with Crippen LogP contribution in [0.2, 0.25) is 0 Å². The lowest BCUT2D eigenvalue weighted by Crippen LogP contribution is -2.30. The Labute approximate surface area is 144 Å². The van der Waals surface area contributed by atoms with E-state index in [2.05, 4.69) is 4.72 Å². The minimum absolute atomic E-state index is 0.130. The summed E-state index contributed by atoms with van der Waals surface area (Å²) in [5.41, 5.74) is 3.33. The van der Waals surface area contributed by atoms with E-state index in [1.165, 1.54) is 0 Å². The quantitative estimate of drug-likeness (QED) is 0.709. The second kappa shape index (κ2) is 8.85. The molecule has 0 saturated carbocycles. The van der Waals surface area contributed by atoms with E-state index in [0.717, 1.165) is 28.9 Å².